The first-order chi connectivity index (χ1) is 13.6. The lowest BCUT2D eigenvalue weighted by atomic mass is 10.1. The highest BCUT2D eigenvalue weighted by Gasteiger charge is 2.11. The van der Waals surface area contributed by atoms with Gasteiger partial charge in [0.2, 0.25) is 0 Å². The molecule has 3 aromatic carbocycles. The third-order valence-corrected chi connectivity index (χ3v) is 4.82. The number of carbonyl (C=O) groups excluding carboxylic acids is 1. The summed E-state index contributed by atoms with van der Waals surface area (Å²) in [4.78, 5) is 38.9. The molecule has 28 heavy (non-hydrogen) atoms. The summed E-state index contributed by atoms with van der Waals surface area (Å²) < 4.78 is 1.39. The van der Waals surface area contributed by atoms with Crippen molar-refractivity contribution in [1.82, 2.24) is 14.9 Å². The maximum absolute atomic E-state index is 12.6. The van der Waals surface area contributed by atoms with Crippen molar-refractivity contribution in [3.8, 4) is 0 Å². The summed E-state index contributed by atoms with van der Waals surface area (Å²) in [6.45, 7) is 2.57. The molecule has 0 spiro atoms. The number of amides is 1. The molecule has 0 saturated heterocycles. The number of nitrogens with one attached hydrogen (secondary N) is 2. The molecule has 1 aromatic heterocycles. The number of benzene rings is 3. The second-order valence-corrected chi connectivity index (χ2v) is 6.60. The summed E-state index contributed by atoms with van der Waals surface area (Å²) >= 11 is 0. The number of rotatable bonds is 4. The van der Waals surface area contributed by atoms with Crippen molar-refractivity contribution in [3.63, 3.8) is 0 Å². The van der Waals surface area contributed by atoms with E-state index in [1.807, 2.05) is 42.5 Å². The van der Waals surface area contributed by atoms with Crippen LogP contribution in [-0.4, -0.2) is 15.5 Å². The van der Waals surface area contributed by atoms with Gasteiger partial charge in [0.1, 0.15) is 0 Å². The van der Waals surface area contributed by atoms with Crippen molar-refractivity contribution in [2.24, 2.45) is 0 Å². The highest BCUT2D eigenvalue weighted by molar-refractivity contribution is 5.97. The zero-order chi connectivity index (χ0) is 19.7. The minimum absolute atomic E-state index is 0.245. The van der Waals surface area contributed by atoms with Gasteiger partial charge in [0, 0.05) is 18.7 Å². The lowest BCUT2D eigenvalue weighted by Gasteiger charge is -2.10. The Balaban J connectivity index is 1.59. The van der Waals surface area contributed by atoms with Crippen LogP contribution in [0.2, 0.25) is 0 Å². The zero-order valence-electron chi connectivity index (χ0n) is 15.4. The molecule has 2 N–H and O–H groups in total. The predicted molar refractivity (Wildman–Crippen MR) is 110 cm³/mol. The van der Waals surface area contributed by atoms with E-state index in [2.05, 4.69) is 10.3 Å². The van der Waals surface area contributed by atoms with Crippen LogP contribution in [-0.2, 0) is 13.1 Å². The minimum atomic E-state index is -0.692. The first-order valence-electron chi connectivity index (χ1n) is 9.09. The molecular formula is C22H19N3O3. The van der Waals surface area contributed by atoms with Crippen molar-refractivity contribution in [3.05, 3.63) is 92.5 Å². The van der Waals surface area contributed by atoms with E-state index in [0.717, 1.165) is 16.3 Å². The van der Waals surface area contributed by atoms with E-state index >= 15 is 0 Å². The molecule has 140 valence electrons. The Kier molecular flexibility index (Phi) is 4.53. The van der Waals surface area contributed by atoms with Crippen LogP contribution in [0.4, 0.5) is 0 Å². The molecule has 0 bridgehead atoms. The van der Waals surface area contributed by atoms with Crippen molar-refractivity contribution in [2.45, 2.75) is 20.0 Å². The Hall–Kier alpha value is -3.67. The normalized spacial score (nSPS) is 11.0. The summed E-state index contributed by atoms with van der Waals surface area (Å²) in [6, 6.07) is 19.1. The van der Waals surface area contributed by atoms with Gasteiger partial charge < -0.3 is 14.9 Å². The van der Waals surface area contributed by atoms with E-state index in [-0.39, 0.29) is 5.91 Å². The number of nitrogens with zero attached hydrogens (tertiary/aromatic N) is 1. The highest BCUT2D eigenvalue weighted by atomic mass is 16.2. The van der Waals surface area contributed by atoms with Gasteiger partial charge in [-0.2, -0.15) is 0 Å². The second kappa shape index (κ2) is 7.15. The van der Waals surface area contributed by atoms with Gasteiger partial charge in [-0.3, -0.25) is 14.4 Å². The molecule has 4 aromatic rings. The second-order valence-electron chi connectivity index (χ2n) is 6.60. The first kappa shape index (κ1) is 17.7. The molecule has 6 heteroatoms. The highest BCUT2D eigenvalue weighted by Crippen LogP contribution is 2.16. The molecule has 0 saturated carbocycles. The predicted octanol–water partition coefficient (Wildman–Crippen LogP) is 2.79. The van der Waals surface area contributed by atoms with Crippen molar-refractivity contribution >= 4 is 27.7 Å². The molecule has 0 aliphatic carbocycles. The summed E-state index contributed by atoms with van der Waals surface area (Å²) in [5.41, 5.74) is 1.20. The van der Waals surface area contributed by atoms with E-state index in [4.69, 9.17) is 0 Å². The van der Waals surface area contributed by atoms with E-state index in [1.54, 1.807) is 25.1 Å². The Bertz CT molecular complexity index is 1320. The van der Waals surface area contributed by atoms with Gasteiger partial charge in [-0.15, -0.1) is 0 Å². The topological polar surface area (TPSA) is 84.0 Å². The molecule has 0 fully saturated rings. The number of aryl methyl sites for hydroxylation is 1. The molecule has 0 radical (unpaired) electrons. The Morgan fingerprint density at radius 1 is 1.00 bits per heavy atom. The number of aromatic nitrogens is 2. The van der Waals surface area contributed by atoms with Crippen LogP contribution in [0.3, 0.4) is 0 Å². The molecule has 0 atom stereocenters. The van der Waals surface area contributed by atoms with Gasteiger partial charge >= 0.3 is 11.1 Å². The molecule has 1 amide bonds. The molecule has 0 aliphatic rings. The fraction of sp³-hybridized carbons (Fsp3) is 0.136. The summed E-state index contributed by atoms with van der Waals surface area (Å²) in [5.74, 6) is -0.245. The summed E-state index contributed by atoms with van der Waals surface area (Å²) in [6.07, 6.45) is 0. The van der Waals surface area contributed by atoms with Crippen molar-refractivity contribution in [1.29, 1.82) is 0 Å². The number of fused-ring (bicyclic) bond motifs is 2. The monoisotopic (exact) mass is 373 g/mol. The SMILES string of the molecule is CCn1c(=O)c(=O)[nH]c2cc(C(=O)NCc3ccc4ccccc4c3)ccc21. The number of H-pyrrole nitrogens is 1. The van der Waals surface area contributed by atoms with Gasteiger partial charge in [-0.1, -0.05) is 36.4 Å². The van der Waals surface area contributed by atoms with Crippen LogP contribution < -0.4 is 16.4 Å². The van der Waals surface area contributed by atoms with Crippen LogP contribution >= 0.6 is 0 Å². The van der Waals surface area contributed by atoms with E-state index in [1.165, 1.54) is 4.57 Å². The molecule has 0 aliphatic heterocycles. The molecule has 4 rings (SSSR count). The average molecular weight is 373 g/mol. The van der Waals surface area contributed by atoms with Crippen LogP contribution in [0.1, 0.15) is 22.8 Å². The number of carbonyl (C=O) groups is 1. The van der Waals surface area contributed by atoms with E-state index < -0.39 is 11.1 Å². The van der Waals surface area contributed by atoms with Crippen molar-refractivity contribution < 1.29 is 4.79 Å². The quantitative estimate of drug-likeness (QED) is 0.540. The third kappa shape index (κ3) is 3.20. The molecule has 6 nitrogen and oxygen atoms in total. The van der Waals surface area contributed by atoms with Crippen LogP contribution in [0, 0.1) is 0 Å². The van der Waals surface area contributed by atoms with Crippen LogP contribution in [0.15, 0.2) is 70.3 Å². The molecular weight excluding hydrogens is 354 g/mol. The lowest BCUT2D eigenvalue weighted by molar-refractivity contribution is 0.0951. The Morgan fingerprint density at radius 2 is 1.79 bits per heavy atom. The maximum Gasteiger partial charge on any atom is 0.316 e. The average Bonchev–Trinajstić information content (AvgIpc) is 2.72. The first-order valence-corrected chi connectivity index (χ1v) is 9.09. The Morgan fingerprint density at radius 3 is 2.57 bits per heavy atom. The maximum atomic E-state index is 12.6. The van der Waals surface area contributed by atoms with E-state index in [0.29, 0.717) is 29.7 Å². The minimum Gasteiger partial charge on any atom is -0.348 e. The number of hydrogen-bond donors (Lipinski definition) is 2. The molecule has 1 heterocycles. The Labute approximate surface area is 160 Å². The van der Waals surface area contributed by atoms with Gasteiger partial charge in [0.15, 0.2) is 0 Å². The largest absolute Gasteiger partial charge is 0.348 e. The van der Waals surface area contributed by atoms with Crippen LogP contribution in [0.5, 0.6) is 0 Å². The van der Waals surface area contributed by atoms with E-state index in [9.17, 15) is 14.4 Å². The third-order valence-electron chi connectivity index (χ3n) is 4.82. The standard InChI is InChI=1S/C22H19N3O3/c1-2-25-19-10-9-17(12-18(19)24-21(27)22(25)28)20(26)23-13-14-7-8-15-5-3-4-6-16(15)11-14/h3-12H,2,13H2,1H3,(H,23,26)(H,24,27). The summed E-state index contributed by atoms with van der Waals surface area (Å²) in [7, 11) is 0. The van der Waals surface area contributed by atoms with Gasteiger partial charge in [0.25, 0.3) is 5.91 Å². The molecule has 0 unspecified atom stereocenters. The lowest BCUT2D eigenvalue weighted by Crippen LogP contribution is -2.36. The number of aromatic amines is 1. The van der Waals surface area contributed by atoms with Gasteiger partial charge in [0.05, 0.1) is 11.0 Å². The zero-order valence-corrected chi connectivity index (χ0v) is 15.4. The number of hydrogen-bond acceptors (Lipinski definition) is 3. The van der Waals surface area contributed by atoms with Crippen LogP contribution in [0.25, 0.3) is 21.8 Å². The fourth-order valence-electron chi connectivity index (χ4n) is 3.37. The van der Waals surface area contributed by atoms with Crippen molar-refractivity contribution in [2.75, 3.05) is 0 Å². The van der Waals surface area contributed by atoms with Gasteiger partial charge in [-0.05, 0) is 47.5 Å². The summed E-state index contributed by atoms with van der Waals surface area (Å²) in [5, 5.41) is 5.17. The smallest absolute Gasteiger partial charge is 0.316 e. The van der Waals surface area contributed by atoms with Gasteiger partial charge in [-0.25, -0.2) is 0 Å². The fourth-order valence-corrected chi connectivity index (χ4v) is 3.37.